The fraction of sp³-hybridized carbons (Fsp3) is 0.143. The van der Waals surface area contributed by atoms with Gasteiger partial charge in [0.1, 0.15) is 11.3 Å². The lowest BCUT2D eigenvalue weighted by atomic mass is 10.2. The summed E-state index contributed by atoms with van der Waals surface area (Å²) in [5.41, 5.74) is 1.24. The Morgan fingerprint density at radius 3 is 2.79 bits per heavy atom. The molecule has 0 aliphatic heterocycles. The van der Waals surface area contributed by atoms with Crippen LogP contribution in [0.15, 0.2) is 41.0 Å². The lowest BCUT2D eigenvalue weighted by Gasteiger charge is -2.10. The van der Waals surface area contributed by atoms with Gasteiger partial charge in [0, 0.05) is 10.7 Å². The van der Waals surface area contributed by atoms with Gasteiger partial charge in [-0.05, 0) is 42.8 Å². The molecule has 5 heteroatoms. The number of rotatable bonds is 3. The van der Waals surface area contributed by atoms with Gasteiger partial charge in [-0.15, -0.1) is 0 Å². The molecular formula is C14H12BrNO3. The number of hydrogen-bond acceptors (Lipinski definition) is 4. The quantitative estimate of drug-likeness (QED) is 0.808. The van der Waals surface area contributed by atoms with Gasteiger partial charge < -0.3 is 9.47 Å². The second kappa shape index (κ2) is 5.84. The van der Waals surface area contributed by atoms with Gasteiger partial charge in [-0.2, -0.15) is 0 Å². The van der Waals surface area contributed by atoms with E-state index in [-0.39, 0.29) is 5.88 Å². The first-order valence-electron chi connectivity index (χ1n) is 5.59. The molecule has 2 aromatic rings. The zero-order chi connectivity index (χ0) is 13.8. The van der Waals surface area contributed by atoms with Gasteiger partial charge in [-0.1, -0.05) is 15.9 Å². The van der Waals surface area contributed by atoms with Crippen molar-refractivity contribution in [1.29, 1.82) is 0 Å². The van der Waals surface area contributed by atoms with Crippen molar-refractivity contribution in [1.82, 2.24) is 4.98 Å². The Morgan fingerprint density at radius 1 is 1.32 bits per heavy atom. The average Bonchev–Trinajstić information content (AvgIpc) is 2.41. The standard InChI is InChI=1S/C14H12BrNO3/c1-9-8-10(15)5-6-12(9)19-13-11(14(17)18-2)4-3-7-16-13/h3-8H,1-2H3. The highest BCUT2D eigenvalue weighted by atomic mass is 79.9. The lowest BCUT2D eigenvalue weighted by Crippen LogP contribution is -2.05. The van der Waals surface area contributed by atoms with Gasteiger partial charge in [0.25, 0.3) is 0 Å². The first-order chi connectivity index (χ1) is 9.11. The molecule has 1 aromatic carbocycles. The number of hydrogen-bond donors (Lipinski definition) is 0. The van der Waals surface area contributed by atoms with Crippen LogP contribution in [0.5, 0.6) is 11.6 Å². The van der Waals surface area contributed by atoms with Crippen LogP contribution in [0, 0.1) is 6.92 Å². The molecular weight excluding hydrogens is 310 g/mol. The minimum absolute atomic E-state index is 0.236. The first kappa shape index (κ1) is 13.5. The molecule has 0 fully saturated rings. The van der Waals surface area contributed by atoms with Crippen molar-refractivity contribution in [3.05, 3.63) is 52.1 Å². The Hall–Kier alpha value is -1.88. The van der Waals surface area contributed by atoms with Crippen molar-refractivity contribution in [3.8, 4) is 11.6 Å². The molecule has 2 rings (SSSR count). The summed E-state index contributed by atoms with van der Waals surface area (Å²) in [6.07, 6.45) is 1.57. The SMILES string of the molecule is COC(=O)c1cccnc1Oc1ccc(Br)cc1C. The number of aromatic nitrogens is 1. The molecule has 0 aliphatic rings. The third kappa shape index (κ3) is 3.12. The van der Waals surface area contributed by atoms with E-state index in [0.717, 1.165) is 10.0 Å². The highest BCUT2D eigenvalue weighted by Crippen LogP contribution is 2.28. The highest BCUT2D eigenvalue weighted by molar-refractivity contribution is 9.10. The van der Waals surface area contributed by atoms with Crippen LogP contribution in [0.25, 0.3) is 0 Å². The molecule has 0 bridgehead atoms. The van der Waals surface area contributed by atoms with E-state index in [9.17, 15) is 4.79 Å². The Bertz CT molecular complexity index is 613. The topological polar surface area (TPSA) is 48.4 Å². The summed E-state index contributed by atoms with van der Waals surface area (Å²) in [4.78, 5) is 15.7. The van der Waals surface area contributed by atoms with Gasteiger partial charge in [0.15, 0.2) is 0 Å². The maximum absolute atomic E-state index is 11.6. The number of pyridine rings is 1. The van der Waals surface area contributed by atoms with E-state index in [0.29, 0.717) is 11.3 Å². The zero-order valence-electron chi connectivity index (χ0n) is 10.5. The predicted molar refractivity (Wildman–Crippen MR) is 74.5 cm³/mol. The molecule has 1 heterocycles. The Kier molecular flexibility index (Phi) is 4.16. The number of carbonyl (C=O) groups is 1. The van der Waals surface area contributed by atoms with Gasteiger partial charge in [0.05, 0.1) is 7.11 Å². The molecule has 0 aliphatic carbocycles. The monoisotopic (exact) mass is 321 g/mol. The van der Waals surface area contributed by atoms with Gasteiger partial charge >= 0.3 is 5.97 Å². The third-order valence-electron chi connectivity index (χ3n) is 2.52. The second-order valence-corrected chi connectivity index (χ2v) is 4.78. The van der Waals surface area contributed by atoms with E-state index in [1.807, 2.05) is 25.1 Å². The number of carbonyl (C=O) groups excluding carboxylic acids is 1. The molecule has 98 valence electrons. The van der Waals surface area contributed by atoms with E-state index in [1.54, 1.807) is 18.3 Å². The predicted octanol–water partition coefficient (Wildman–Crippen LogP) is 3.73. The molecule has 0 unspecified atom stereocenters. The molecule has 0 N–H and O–H groups in total. The van der Waals surface area contributed by atoms with Gasteiger partial charge in [0.2, 0.25) is 5.88 Å². The van der Waals surface area contributed by atoms with Gasteiger partial charge in [-0.25, -0.2) is 9.78 Å². The second-order valence-electron chi connectivity index (χ2n) is 3.86. The number of methoxy groups -OCH3 is 1. The number of benzene rings is 1. The molecule has 1 aromatic heterocycles. The Morgan fingerprint density at radius 2 is 2.11 bits per heavy atom. The van der Waals surface area contributed by atoms with Crippen molar-refractivity contribution in [3.63, 3.8) is 0 Å². The number of halogens is 1. The molecule has 0 saturated heterocycles. The van der Waals surface area contributed by atoms with E-state index in [4.69, 9.17) is 9.47 Å². The molecule has 0 amide bonds. The van der Waals surface area contributed by atoms with Crippen molar-refractivity contribution in [2.24, 2.45) is 0 Å². The molecule has 4 nitrogen and oxygen atoms in total. The number of esters is 1. The highest BCUT2D eigenvalue weighted by Gasteiger charge is 2.15. The fourth-order valence-electron chi connectivity index (χ4n) is 1.57. The van der Waals surface area contributed by atoms with Crippen LogP contribution in [-0.2, 0) is 4.74 Å². The average molecular weight is 322 g/mol. The molecule has 0 atom stereocenters. The van der Waals surface area contributed by atoms with Crippen LogP contribution < -0.4 is 4.74 Å². The van der Waals surface area contributed by atoms with Gasteiger partial charge in [-0.3, -0.25) is 0 Å². The lowest BCUT2D eigenvalue weighted by molar-refractivity contribution is 0.0597. The first-order valence-corrected chi connectivity index (χ1v) is 6.38. The van der Waals surface area contributed by atoms with Crippen LogP contribution >= 0.6 is 15.9 Å². The van der Waals surface area contributed by atoms with Crippen LogP contribution in [0.4, 0.5) is 0 Å². The number of aryl methyl sites for hydroxylation is 1. The number of ether oxygens (including phenoxy) is 2. The van der Waals surface area contributed by atoms with E-state index >= 15 is 0 Å². The summed E-state index contributed by atoms with van der Waals surface area (Å²) in [7, 11) is 1.32. The third-order valence-corrected chi connectivity index (χ3v) is 3.01. The molecule has 19 heavy (non-hydrogen) atoms. The number of nitrogens with zero attached hydrogens (tertiary/aromatic N) is 1. The molecule has 0 spiro atoms. The van der Waals surface area contributed by atoms with Crippen LogP contribution in [-0.4, -0.2) is 18.1 Å². The van der Waals surface area contributed by atoms with E-state index in [1.165, 1.54) is 7.11 Å². The van der Waals surface area contributed by atoms with Crippen molar-refractivity contribution < 1.29 is 14.3 Å². The van der Waals surface area contributed by atoms with Crippen molar-refractivity contribution >= 4 is 21.9 Å². The van der Waals surface area contributed by atoms with Crippen LogP contribution in [0.2, 0.25) is 0 Å². The van der Waals surface area contributed by atoms with Crippen LogP contribution in [0.3, 0.4) is 0 Å². The molecule has 0 radical (unpaired) electrons. The minimum Gasteiger partial charge on any atom is -0.465 e. The summed E-state index contributed by atoms with van der Waals surface area (Å²) in [6.45, 7) is 1.92. The van der Waals surface area contributed by atoms with E-state index in [2.05, 4.69) is 20.9 Å². The zero-order valence-corrected chi connectivity index (χ0v) is 12.1. The van der Waals surface area contributed by atoms with Crippen molar-refractivity contribution in [2.45, 2.75) is 6.92 Å². The Balaban J connectivity index is 2.35. The molecule has 0 saturated carbocycles. The van der Waals surface area contributed by atoms with Crippen molar-refractivity contribution in [2.75, 3.05) is 7.11 Å². The summed E-state index contributed by atoms with van der Waals surface area (Å²) in [6, 6.07) is 8.88. The largest absolute Gasteiger partial charge is 0.465 e. The summed E-state index contributed by atoms with van der Waals surface area (Å²) in [5.74, 6) is 0.407. The maximum atomic E-state index is 11.6. The summed E-state index contributed by atoms with van der Waals surface area (Å²) < 4.78 is 11.3. The van der Waals surface area contributed by atoms with E-state index < -0.39 is 5.97 Å². The smallest absolute Gasteiger partial charge is 0.343 e. The maximum Gasteiger partial charge on any atom is 0.343 e. The summed E-state index contributed by atoms with van der Waals surface area (Å²) in [5, 5.41) is 0. The van der Waals surface area contributed by atoms with Crippen LogP contribution in [0.1, 0.15) is 15.9 Å². The minimum atomic E-state index is -0.474. The fourth-order valence-corrected chi connectivity index (χ4v) is 2.04. The summed E-state index contributed by atoms with van der Waals surface area (Å²) >= 11 is 3.39. The normalized spacial score (nSPS) is 10.1. The Labute approximate surface area is 119 Å².